The molecular formula is C15H17NO4. The van der Waals surface area contributed by atoms with E-state index in [0.717, 1.165) is 24.8 Å². The Hall–Kier alpha value is -2.04. The number of carbonyl (C=O) groups is 2. The minimum absolute atomic E-state index is 0.226. The van der Waals surface area contributed by atoms with Crippen molar-refractivity contribution in [3.63, 3.8) is 0 Å². The number of aliphatic carboxylic acids is 1. The number of ether oxygens (including phenoxy) is 1. The first kappa shape index (κ1) is 13.0. The van der Waals surface area contributed by atoms with E-state index in [1.54, 1.807) is 4.90 Å². The fraction of sp³-hybridized carbons (Fsp3) is 0.467. The minimum Gasteiger partial charge on any atom is -0.481 e. The number of rotatable bonds is 3. The number of carboxylic acids is 1. The van der Waals surface area contributed by atoms with E-state index in [1.165, 1.54) is 0 Å². The lowest BCUT2D eigenvalue weighted by Crippen LogP contribution is -2.74. The quantitative estimate of drug-likeness (QED) is 0.918. The summed E-state index contributed by atoms with van der Waals surface area (Å²) in [6.45, 7) is 0.493. The Balaban J connectivity index is 1.60. The van der Waals surface area contributed by atoms with Crippen LogP contribution in [0.15, 0.2) is 30.3 Å². The van der Waals surface area contributed by atoms with E-state index in [9.17, 15) is 9.59 Å². The zero-order valence-corrected chi connectivity index (χ0v) is 11.1. The van der Waals surface area contributed by atoms with Gasteiger partial charge in [0.2, 0.25) is 0 Å². The standard InChI is InChI=1S/C15H17NO4/c17-13(18)12-9-16(15(12)7-4-8-15)14(19)20-10-11-5-2-1-3-6-11/h1-3,5-6,12H,4,7-10H2,(H,17,18). The maximum atomic E-state index is 12.1. The van der Waals surface area contributed by atoms with Gasteiger partial charge in [-0.05, 0) is 24.8 Å². The molecule has 106 valence electrons. The van der Waals surface area contributed by atoms with E-state index in [4.69, 9.17) is 9.84 Å². The normalized spacial score (nSPS) is 22.8. The lowest BCUT2D eigenvalue weighted by atomic mass is 9.61. The molecule has 1 spiro atoms. The van der Waals surface area contributed by atoms with Crippen LogP contribution in [0.1, 0.15) is 24.8 Å². The zero-order chi connectivity index (χ0) is 14.2. The Kier molecular flexibility index (Phi) is 3.12. The van der Waals surface area contributed by atoms with Crippen molar-refractivity contribution in [2.75, 3.05) is 6.54 Å². The van der Waals surface area contributed by atoms with Crippen molar-refractivity contribution in [2.24, 2.45) is 5.92 Å². The van der Waals surface area contributed by atoms with Crippen LogP contribution in [0.3, 0.4) is 0 Å². The molecule has 0 aromatic heterocycles. The Morgan fingerprint density at radius 3 is 2.55 bits per heavy atom. The van der Waals surface area contributed by atoms with Crippen molar-refractivity contribution in [3.05, 3.63) is 35.9 Å². The number of hydrogen-bond acceptors (Lipinski definition) is 3. The highest BCUT2D eigenvalue weighted by Gasteiger charge is 2.62. The van der Waals surface area contributed by atoms with Gasteiger partial charge in [0, 0.05) is 6.54 Å². The highest BCUT2D eigenvalue weighted by Crippen LogP contribution is 2.51. The van der Waals surface area contributed by atoms with E-state index in [-0.39, 0.29) is 13.2 Å². The fourth-order valence-electron chi connectivity index (χ4n) is 3.13. The minimum atomic E-state index is -0.809. The van der Waals surface area contributed by atoms with E-state index >= 15 is 0 Å². The first-order chi connectivity index (χ1) is 9.63. The molecule has 1 heterocycles. The number of amides is 1. The lowest BCUT2D eigenvalue weighted by Gasteiger charge is -2.61. The van der Waals surface area contributed by atoms with Crippen molar-refractivity contribution < 1.29 is 19.4 Å². The summed E-state index contributed by atoms with van der Waals surface area (Å²) in [6.07, 6.45) is 2.12. The van der Waals surface area contributed by atoms with Crippen LogP contribution in [0, 0.1) is 5.92 Å². The second kappa shape index (κ2) is 4.81. The van der Waals surface area contributed by atoms with Crippen LogP contribution < -0.4 is 0 Å². The summed E-state index contributed by atoms with van der Waals surface area (Å²) in [5, 5.41) is 9.16. The Morgan fingerprint density at radius 2 is 2.00 bits per heavy atom. The Morgan fingerprint density at radius 1 is 1.30 bits per heavy atom. The molecule has 1 aromatic carbocycles. The maximum absolute atomic E-state index is 12.1. The van der Waals surface area contributed by atoms with E-state index in [0.29, 0.717) is 0 Å². The molecule has 2 fully saturated rings. The van der Waals surface area contributed by atoms with Crippen LogP contribution in [0.25, 0.3) is 0 Å². The molecule has 1 N–H and O–H groups in total. The predicted octanol–water partition coefficient (Wildman–Crippen LogP) is 2.26. The van der Waals surface area contributed by atoms with Gasteiger partial charge in [-0.3, -0.25) is 4.79 Å². The number of likely N-dealkylation sites (tertiary alicyclic amines) is 1. The van der Waals surface area contributed by atoms with Gasteiger partial charge in [0.25, 0.3) is 0 Å². The van der Waals surface area contributed by atoms with Crippen LogP contribution in [-0.2, 0) is 16.1 Å². The van der Waals surface area contributed by atoms with Gasteiger partial charge < -0.3 is 14.7 Å². The van der Waals surface area contributed by atoms with Gasteiger partial charge in [-0.15, -0.1) is 0 Å². The summed E-state index contributed by atoms with van der Waals surface area (Å²) in [5.41, 5.74) is 0.457. The second-order valence-electron chi connectivity index (χ2n) is 5.50. The van der Waals surface area contributed by atoms with Crippen molar-refractivity contribution in [1.82, 2.24) is 4.90 Å². The van der Waals surface area contributed by atoms with Crippen LogP contribution in [0.4, 0.5) is 4.79 Å². The number of carbonyl (C=O) groups excluding carboxylic acids is 1. The number of hydrogen-bond donors (Lipinski definition) is 1. The fourth-order valence-corrected chi connectivity index (χ4v) is 3.13. The van der Waals surface area contributed by atoms with Crippen LogP contribution in [0.5, 0.6) is 0 Å². The van der Waals surface area contributed by atoms with E-state index < -0.39 is 23.5 Å². The number of nitrogens with zero attached hydrogens (tertiary/aromatic N) is 1. The molecule has 20 heavy (non-hydrogen) atoms. The van der Waals surface area contributed by atoms with Crippen molar-refractivity contribution in [1.29, 1.82) is 0 Å². The third-order valence-corrected chi connectivity index (χ3v) is 4.49. The SMILES string of the molecule is O=C(O)C1CN(C(=O)OCc2ccccc2)C12CCC2. The third kappa shape index (κ3) is 1.94. The average Bonchev–Trinajstić information content (AvgIpc) is 2.34. The third-order valence-electron chi connectivity index (χ3n) is 4.49. The zero-order valence-electron chi connectivity index (χ0n) is 11.1. The number of carboxylic acid groups (broad SMARTS) is 1. The van der Waals surface area contributed by atoms with Gasteiger partial charge >= 0.3 is 12.1 Å². The number of benzene rings is 1. The smallest absolute Gasteiger partial charge is 0.410 e. The Bertz CT molecular complexity index is 524. The molecule has 1 aliphatic heterocycles. The summed E-state index contributed by atoms with van der Waals surface area (Å²) in [4.78, 5) is 24.8. The molecule has 0 radical (unpaired) electrons. The summed E-state index contributed by atoms with van der Waals surface area (Å²) < 4.78 is 5.29. The summed E-state index contributed by atoms with van der Waals surface area (Å²) >= 11 is 0. The first-order valence-corrected chi connectivity index (χ1v) is 6.85. The molecule has 1 saturated carbocycles. The van der Waals surface area contributed by atoms with Gasteiger partial charge in [0.15, 0.2) is 0 Å². The van der Waals surface area contributed by atoms with Gasteiger partial charge in [-0.25, -0.2) is 4.79 Å². The molecule has 1 aromatic rings. The molecule has 1 aliphatic carbocycles. The summed E-state index contributed by atoms with van der Waals surface area (Å²) in [6, 6.07) is 9.47. The first-order valence-electron chi connectivity index (χ1n) is 6.85. The molecule has 5 nitrogen and oxygen atoms in total. The molecule has 0 bridgehead atoms. The van der Waals surface area contributed by atoms with Gasteiger partial charge in [-0.2, -0.15) is 0 Å². The molecule has 2 aliphatic rings. The second-order valence-corrected chi connectivity index (χ2v) is 5.50. The topological polar surface area (TPSA) is 66.8 Å². The van der Waals surface area contributed by atoms with Crippen LogP contribution in [0.2, 0.25) is 0 Å². The molecule has 1 amide bonds. The monoisotopic (exact) mass is 275 g/mol. The maximum Gasteiger partial charge on any atom is 0.410 e. The summed E-state index contributed by atoms with van der Waals surface area (Å²) in [5.74, 6) is -1.24. The predicted molar refractivity (Wildman–Crippen MR) is 71.0 cm³/mol. The largest absolute Gasteiger partial charge is 0.481 e. The lowest BCUT2D eigenvalue weighted by molar-refractivity contribution is -0.171. The van der Waals surface area contributed by atoms with Crippen LogP contribution >= 0.6 is 0 Å². The van der Waals surface area contributed by atoms with Crippen molar-refractivity contribution in [2.45, 2.75) is 31.4 Å². The highest BCUT2D eigenvalue weighted by atomic mass is 16.6. The average molecular weight is 275 g/mol. The molecular weight excluding hydrogens is 258 g/mol. The molecule has 1 atom stereocenters. The summed E-state index contributed by atoms with van der Waals surface area (Å²) in [7, 11) is 0. The van der Waals surface area contributed by atoms with Crippen LogP contribution in [-0.4, -0.2) is 34.2 Å². The van der Waals surface area contributed by atoms with Gasteiger partial charge in [-0.1, -0.05) is 30.3 Å². The van der Waals surface area contributed by atoms with E-state index in [2.05, 4.69) is 0 Å². The molecule has 3 rings (SSSR count). The van der Waals surface area contributed by atoms with E-state index in [1.807, 2.05) is 30.3 Å². The van der Waals surface area contributed by atoms with Crippen molar-refractivity contribution >= 4 is 12.1 Å². The van der Waals surface area contributed by atoms with Gasteiger partial charge in [0.05, 0.1) is 11.5 Å². The molecule has 5 heteroatoms. The van der Waals surface area contributed by atoms with Crippen molar-refractivity contribution in [3.8, 4) is 0 Å². The molecule has 1 saturated heterocycles. The Labute approximate surface area is 117 Å². The molecule has 1 unspecified atom stereocenters. The highest BCUT2D eigenvalue weighted by molar-refractivity contribution is 5.80. The van der Waals surface area contributed by atoms with Gasteiger partial charge in [0.1, 0.15) is 6.61 Å².